The van der Waals surface area contributed by atoms with Gasteiger partial charge < -0.3 is 15.5 Å². The van der Waals surface area contributed by atoms with Crippen molar-refractivity contribution in [3.63, 3.8) is 0 Å². The zero-order valence-electron chi connectivity index (χ0n) is 11.2. The van der Waals surface area contributed by atoms with Crippen LogP contribution in [0.1, 0.15) is 43.2 Å². The van der Waals surface area contributed by atoms with E-state index in [1.165, 1.54) is 17.5 Å². The number of nitrogens with one attached hydrogen (secondary N) is 1. The first-order valence-electron chi connectivity index (χ1n) is 7.44. The number of fused-ring (bicyclic) bond motifs is 1. The zero-order valence-corrected chi connectivity index (χ0v) is 11.2. The number of aliphatic hydroxyl groups is 1. The van der Waals surface area contributed by atoms with Crippen molar-refractivity contribution in [3.05, 3.63) is 29.3 Å². The van der Waals surface area contributed by atoms with Gasteiger partial charge in [-0.3, -0.25) is 0 Å². The third-order valence-electron chi connectivity index (χ3n) is 5.79. The van der Waals surface area contributed by atoms with Gasteiger partial charge in [0.1, 0.15) is 5.75 Å². The second-order valence-corrected chi connectivity index (χ2v) is 6.52. The summed E-state index contributed by atoms with van der Waals surface area (Å²) in [6, 6.07) is 5.91. The van der Waals surface area contributed by atoms with Crippen molar-refractivity contribution >= 4 is 0 Å². The molecule has 1 aliphatic heterocycles. The lowest BCUT2D eigenvalue weighted by molar-refractivity contribution is -0.124. The molecule has 1 heterocycles. The number of hydrogen-bond acceptors (Lipinski definition) is 3. The molecule has 1 saturated heterocycles. The lowest BCUT2D eigenvalue weighted by Gasteiger charge is -2.61. The molecule has 3 unspecified atom stereocenters. The second-order valence-electron chi connectivity index (χ2n) is 6.52. The molecule has 19 heavy (non-hydrogen) atoms. The van der Waals surface area contributed by atoms with Crippen LogP contribution in [0, 0.1) is 0 Å². The predicted octanol–water partition coefficient (Wildman–Crippen LogP) is 1.85. The molecule has 3 heteroatoms. The SMILES string of the molecule is Oc1ccc2c(c1)C13CCCCC1(O)C(C2)NCC3. The summed E-state index contributed by atoms with van der Waals surface area (Å²) >= 11 is 0. The number of phenols is 1. The highest BCUT2D eigenvalue weighted by Crippen LogP contribution is 2.56. The summed E-state index contributed by atoms with van der Waals surface area (Å²) < 4.78 is 0. The van der Waals surface area contributed by atoms with E-state index < -0.39 is 5.60 Å². The van der Waals surface area contributed by atoms with Gasteiger partial charge in [0.15, 0.2) is 0 Å². The first-order valence-corrected chi connectivity index (χ1v) is 7.44. The van der Waals surface area contributed by atoms with Crippen LogP contribution in [0.5, 0.6) is 5.75 Å². The Labute approximate surface area is 113 Å². The first-order chi connectivity index (χ1) is 9.16. The van der Waals surface area contributed by atoms with Crippen LogP contribution in [0.3, 0.4) is 0 Å². The van der Waals surface area contributed by atoms with Gasteiger partial charge in [-0.25, -0.2) is 0 Å². The van der Waals surface area contributed by atoms with E-state index >= 15 is 0 Å². The van der Waals surface area contributed by atoms with Gasteiger partial charge in [0.2, 0.25) is 0 Å². The van der Waals surface area contributed by atoms with E-state index in [1.807, 2.05) is 12.1 Å². The van der Waals surface area contributed by atoms with Crippen molar-refractivity contribution in [2.45, 2.75) is 55.6 Å². The van der Waals surface area contributed by atoms with Gasteiger partial charge in [-0.15, -0.1) is 0 Å². The van der Waals surface area contributed by atoms with Crippen molar-refractivity contribution in [3.8, 4) is 5.75 Å². The summed E-state index contributed by atoms with van der Waals surface area (Å²) in [6.45, 7) is 0.974. The Morgan fingerprint density at radius 2 is 2.00 bits per heavy atom. The molecule has 3 N–H and O–H groups in total. The van der Waals surface area contributed by atoms with Crippen LogP contribution in [0.25, 0.3) is 0 Å². The van der Waals surface area contributed by atoms with Gasteiger partial charge in [0.05, 0.1) is 5.60 Å². The molecule has 4 rings (SSSR count). The minimum Gasteiger partial charge on any atom is -0.508 e. The molecule has 1 aromatic carbocycles. The van der Waals surface area contributed by atoms with E-state index in [2.05, 4.69) is 5.32 Å². The molecule has 2 bridgehead atoms. The van der Waals surface area contributed by atoms with Crippen molar-refractivity contribution < 1.29 is 10.2 Å². The smallest absolute Gasteiger partial charge is 0.115 e. The molecular weight excluding hydrogens is 238 g/mol. The minimum atomic E-state index is -0.621. The van der Waals surface area contributed by atoms with Crippen molar-refractivity contribution in [2.75, 3.05) is 6.54 Å². The Kier molecular flexibility index (Phi) is 2.31. The molecule has 3 nitrogen and oxygen atoms in total. The Morgan fingerprint density at radius 3 is 2.89 bits per heavy atom. The Morgan fingerprint density at radius 1 is 1.16 bits per heavy atom. The number of aromatic hydroxyl groups is 1. The van der Waals surface area contributed by atoms with Gasteiger partial charge >= 0.3 is 0 Å². The summed E-state index contributed by atoms with van der Waals surface area (Å²) in [5, 5.41) is 24.7. The zero-order chi connectivity index (χ0) is 13.1. The van der Waals surface area contributed by atoms with Gasteiger partial charge in [0, 0.05) is 11.5 Å². The van der Waals surface area contributed by atoms with Crippen LogP contribution in [-0.2, 0) is 11.8 Å². The highest BCUT2D eigenvalue weighted by Gasteiger charge is 2.61. The average molecular weight is 259 g/mol. The van der Waals surface area contributed by atoms with Crippen molar-refractivity contribution in [2.24, 2.45) is 0 Å². The van der Waals surface area contributed by atoms with E-state index in [0.717, 1.165) is 38.6 Å². The molecule has 1 saturated carbocycles. The number of phenolic OH excluding ortho intramolecular Hbond substituents is 1. The van der Waals surface area contributed by atoms with E-state index in [9.17, 15) is 10.2 Å². The fraction of sp³-hybridized carbons (Fsp3) is 0.625. The second kappa shape index (κ2) is 3.74. The molecule has 1 aromatic rings. The topological polar surface area (TPSA) is 52.5 Å². The number of piperidine rings is 1. The third kappa shape index (κ3) is 1.35. The molecular formula is C16H21NO2. The molecule has 0 amide bonds. The summed E-state index contributed by atoms with van der Waals surface area (Å²) in [5.74, 6) is 0.332. The average Bonchev–Trinajstić information content (AvgIpc) is 2.39. The quantitative estimate of drug-likeness (QED) is 0.666. The van der Waals surface area contributed by atoms with Gasteiger partial charge in [-0.05, 0) is 55.5 Å². The fourth-order valence-corrected chi connectivity index (χ4v) is 4.91. The predicted molar refractivity (Wildman–Crippen MR) is 73.3 cm³/mol. The van der Waals surface area contributed by atoms with Crippen LogP contribution in [0.4, 0.5) is 0 Å². The lowest BCUT2D eigenvalue weighted by atomic mass is 9.50. The fourth-order valence-electron chi connectivity index (χ4n) is 4.91. The van der Waals surface area contributed by atoms with Crippen LogP contribution in [0.15, 0.2) is 18.2 Å². The Balaban J connectivity index is 1.97. The van der Waals surface area contributed by atoms with E-state index in [0.29, 0.717) is 5.75 Å². The van der Waals surface area contributed by atoms with Crippen LogP contribution in [-0.4, -0.2) is 28.4 Å². The standard InChI is InChI=1S/C16H21NO2/c18-12-4-3-11-9-14-16(19)6-2-1-5-15(16,7-8-17-14)13(11)10-12/h3-4,10,14,17-19H,1-2,5-9H2. The maximum atomic E-state index is 11.4. The maximum Gasteiger partial charge on any atom is 0.115 e. The van der Waals surface area contributed by atoms with Crippen molar-refractivity contribution in [1.82, 2.24) is 5.32 Å². The molecule has 2 fully saturated rings. The van der Waals surface area contributed by atoms with E-state index in [4.69, 9.17) is 0 Å². The van der Waals surface area contributed by atoms with Crippen LogP contribution in [0.2, 0.25) is 0 Å². The molecule has 3 aliphatic rings. The minimum absolute atomic E-state index is 0.131. The molecule has 102 valence electrons. The maximum absolute atomic E-state index is 11.4. The Bertz CT molecular complexity index is 525. The Hall–Kier alpha value is -1.06. The van der Waals surface area contributed by atoms with Crippen LogP contribution >= 0.6 is 0 Å². The number of benzene rings is 1. The molecule has 0 aromatic heterocycles. The monoisotopic (exact) mass is 259 g/mol. The molecule has 2 aliphatic carbocycles. The first kappa shape index (κ1) is 11.7. The summed E-state index contributed by atoms with van der Waals surface area (Å²) in [5.41, 5.74) is 1.77. The number of rotatable bonds is 0. The lowest BCUT2D eigenvalue weighted by Crippen LogP contribution is -2.71. The number of hydrogen-bond donors (Lipinski definition) is 3. The third-order valence-corrected chi connectivity index (χ3v) is 5.79. The van der Waals surface area contributed by atoms with E-state index in [1.54, 1.807) is 6.07 Å². The summed E-state index contributed by atoms with van der Waals surface area (Å²) in [6.07, 6.45) is 6.11. The summed E-state index contributed by atoms with van der Waals surface area (Å²) in [7, 11) is 0. The molecule has 3 atom stereocenters. The normalized spacial score (nSPS) is 40.4. The van der Waals surface area contributed by atoms with Gasteiger partial charge in [-0.1, -0.05) is 18.9 Å². The van der Waals surface area contributed by atoms with Crippen molar-refractivity contribution in [1.29, 1.82) is 0 Å². The largest absolute Gasteiger partial charge is 0.508 e. The van der Waals surface area contributed by atoms with E-state index in [-0.39, 0.29) is 11.5 Å². The molecule has 0 spiro atoms. The summed E-state index contributed by atoms with van der Waals surface area (Å²) in [4.78, 5) is 0. The van der Waals surface area contributed by atoms with Gasteiger partial charge in [0.25, 0.3) is 0 Å². The van der Waals surface area contributed by atoms with Crippen LogP contribution < -0.4 is 5.32 Å². The van der Waals surface area contributed by atoms with Gasteiger partial charge in [-0.2, -0.15) is 0 Å². The highest BCUT2D eigenvalue weighted by atomic mass is 16.3. The molecule has 0 radical (unpaired) electrons. The highest BCUT2D eigenvalue weighted by molar-refractivity contribution is 5.47.